The van der Waals surface area contributed by atoms with E-state index in [9.17, 15) is 9.18 Å². The predicted octanol–water partition coefficient (Wildman–Crippen LogP) is 2.12. The van der Waals surface area contributed by atoms with E-state index < -0.39 is 5.82 Å². The van der Waals surface area contributed by atoms with E-state index in [1.807, 2.05) is 0 Å². The van der Waals surface area contributed by atoms with Crippen molar-refractivity contribution in [1.82, 2.24) is 4.90 Å². The van der Waals surface area contributed by atoms with Gasteiger partial charge in [-0.25, -0.2) is 4.39 Å². The Kier molecular flexibility index (Phi) is 4.84. The molecule has 4 heteroatoms. The van der Waals surface area contributed by atoms with Crippen LogP contribution in [-0.2, 0) is 4.74 Å². The minimum absolute atomic E-state index is 0.127. The van der Waals surface area contributed by atoms with Crippen molar-refractivity contribution in [1.29, 1.82) is 0 Å². The van der Waals surface area contributed by atoms with Crippen LogP contribution in [0.5, 0.6) is 0 Å². The molecule has 1 aliphatic heterocycles. The number of rotatable bonds is 4. The first-order valence-electron chi connectivity index (χ1n) is 6.35. The molecular formula is C14H18FNO2. The maximum Gasteiger partial charge on any atom is 0.167 e. The molecule has 3 nitrogen and oxygen atoms in total. The molecule has 2 rings (SSSR count). The molecule has 1 saturated heterocycles. The van der Waals surface area contributed by atoms with E-state index in [0.717, 1.165) is 26.1 Å². The van der Waals surface area contributed by atoms with Crippen LogP contribution in [0.1, 0.15) is 23.2 Å². The summed E-state index contributed by atoms with van der Waals surface area (Å²) < 4.78 is 18.8. The lowest BCUT2D eigenvalue weighted by molar-refractivity contribution is 0.0956. The lowest BCUT2D eigenvalue weighted by Crippen LogP contribution is -2.29. The molecule has 1 aromatic carbocycles. The minimum atomic E-state index is -0.429. The first kappa shape index (κ1) is 13.2. The summed E-state index contributed by atoms with van der Waals surface area (Å²) >= 11 is 0. The molecule has 0 aliphatic carbocycles. The topological polar surface area (TPSA) is 29.5 Å². The number of ether oxygens (including phenoxy) is 1. The van der Waals surface area contributed by atoms with Gasteiger partial charge >= 0.3 is 0 Å². The summed E-state index contributed by atoms with van der Waals surface area (Å²) in [5, 5.41) is 0. The molecule has 1 aliphatic rings. The van der Waals surface area contributed by atoms with Gasteiger partial charge in [0.25, 0.3) is 0 Å². The van der Waals surface area contributed by atoms with Crippen LogP contribution in [0.2, 0.25) is 0 Å². The lowest BCUT2D eigenvalue weighted by atomic mass is 10.1. The molecule has 0 N–H and O–H groups in total. The Labute approximate surface area is 107 Å². The number of hydrogen-bond donors (Lipinski definition) is 0. The summed E-state index contributed by atoms with van der Waals surface area (Å²) in [7, 11) is 0. The average Bonchev–Trinajstić information content (AvgIpc) is 2.65. The van der Waals surface area contributed by atoms with Crippen molar-refractivity contribution < 1.29 is 13.9 Å². The zero-order valence-corrected chi connectivity index (χ0v) is 10.4. The van der Waals surface area contributed by atoms with Gasteiger partial charge in [-0.2, -0.15) is 0 Å². The number of nitrogens with zero attached hydrogens (tertiary/aromatic N) is 1. The highest BCUT2D eigenvalue weighted by Gasteiger charge is 2.14. The lowest BCUT2D eigenvalue weighted by Gasteiger charge is -2.18. The highest BCUT2D eigenvalue weighted by molar-refractivity contribution is 5.96. The summed E-state index contributed by atoms with van der Waals surface area (Å²) in [6.07, 6.45) is 1.36. The van der Waals surface area contributed by atoms with Gasteiger partial charge in [-0.3, -0.25) is 4.79 Å². The number of halogens is 1. The normalized spacial score (nSPS) is 17.4. The van der Waals surface area contributed by atoms with E-state index in [1.54, 1.807) is 18.2 Å². The molecule has 0 spiro atoms. The van der Waals surface area contributed by atoms with E-state index in [1.165, 1.54) is 6.07 Å². The van der Waals surface area contributed by atoms with Gasteiger partial charge in [0.1, 0.15) is 5.82 Å². The van der Waals surface area contributed by atoms with Gasteiger partial charge < -0.3 is 9.64 Å². The van der Waals surface area contributed by atoms with Gasteiger partial charge in [-0.15, -0.1) is 0 Å². The molecule has 0 radical (unpaired) electrons. The van der Waals surface area contributed by atoms with Gasteiger partial charge in [0.2, 0.25) is 0 Å². The molecule has 0 amide bonds. The highest BCUT2D eigenvalue weighted by atomic mass is 19.1. The van der Waals surface area contributed by atoms with Crippen molar-refractivity contribution in [2.75, 3.05) is 32.8 Å². The molecule has 0 bridgehead atoms. The van der Waals surface area contributed by atoms with E-state index in [0.29, 0.717) is 19.6 Å². The first-order chi connectivity index (χ1) is 8.77. The molecule has 98 valence electrons. The average molecular weight is 251 g/mol. The number of Topliss-reactive ketones (excluding diaryl/α,β-unsaturated/α-hetero) is 1. The van der Waals surface area contributed by atoms with Crippen molar-refractivity contribution in [3.63, 3.8) is 0 Å². The second kappa shape index (κ2) is 6.61. The van der Waals surface area contributed by atoms with Crippen LogP contribution in [0.25, 0.3) is 0 Å². The number of hydrogen-bond acceptors (Lipinski definition) is 3. The Bertz CT molecular complexity index is 401. The number of carbonyl (C=O) groups excluding carboxylic acids is 1. The van der Waals surface area contributed by atoms with Gasteiger partial charge in [-0.05, 0) is 18.6 Å². The van der Waals surface area contributed by atoms with Crippen molar-refractivity contribution in [3.05, 3.63) is 35.6 Å². The molecule has 0 saturated carbocycles. The Morgan fingerprint density at radius 2 is 2.11 bits per heavy atom. The fourth-order valence-electron chi connectivity index (χ4n) is 2.10. The number of ketones is 1. The summed E-state index contributed by atoms with van der Waals surface area (Å²) in [4.78, 5) is 14.1. The second-order valence-electron chi connectivity index (χ2n) is 4.46. The maximum absolute atomic E-state index is 13.4. The van der Waals surface area contributed by atoms with E-state index in [4.69, 9.17) is 4.74 Å². The van der Waals surface area contributed by atoms with Crippen LogP contribution in [0.4, 0.5) is 4.39 Å². The summed E-state index contributed by atoms with van der Waals surface area (Å²) in [5.74, 6) is -0.556. The van der Waals surface area contributed by atoms with Gasteiger partial charge in [-0.1, -0.05) is 12.1 Å². The van der Waals surface area contributed by atoms with E-state index in [-0.39, 0.29) is 11.3 Å². The smallest absolute Gasteiger partial charge is 0.167 e. The SMILES string of the molecule is O=C(CCN1CCCOCC1)c1ccccc1F. The maximum atomic E-state index is 13.4. The third-order valence-corrected chi connectivity index (χ3v) is 3.14. The van der Waals surface area contributed by atoms with Gasteiger partial charge in [0.05, 0.1) is 12.2 Å². The van der Waals surface area contributed by atoms with Gasteiger partial charge in [0.15, 0.2) is 5.78 Å². The minimum Gasteiger partial charge on any atom is -0.380 e. The van der Waals surface area contributed by atoms with Crippen LogP contribution < -0.4 is 0 Å². The van der Waals surface area contributed by atoms with Crippen LogP contribution in [-0.4, -0.2) is 43.5 Å². The van der Waals surface area contributed by atoms with Crippen LogP contribution >= 0.6 is 0 Å². The third-order valence-electron chi connectivity index (χ3n) is 3.14. The molecule has 1 aromatic rings. The molecule has 18 heavy (non-hydrogen) atoms. The Balaban J connectivity index is 1.86. The zero-order chi connectivity index (χ0) is 12.8. The second-order valence-corrected chi connectivity index (χ2v) is 4.46. The molecule has 0 unspecified atom stereocenters. The fourth-order valence-corrected chi connectivity index (χ4v) is 2.10. The zero-order valence-electron chi connectivity index (χ0n) is 10.4. The Morgan fingerprint density at radius 1 is 1.28 bits per heavy atom. The largest absolute Gasteiger partial charge is 0.380 e. The van der Waals surface area contributed by atoms with E-state index >= 15 is 0 Å². The summed E-state index contributed by atoms with van der Waals surface area (Å²) in [6, 6.07) is 6.16. The molecule has 0 atom stereocenters. The summed E-state index contributed by atoms with van der Waals surface area (Å²) in [6.45, 7) is 3.98. The molecule has 1 heterocycles. The van der Waals surface area contributed by atoms with Crippen molar-refractivity contribution in [2.45, 2.75) is 12.8 Å². The van der Waals surface area contributed by atoms with Crippen molar-refractivity contribution in [3.8, 4) is 0 Å². The quantitative estimate of drug-likeness (QED) is 0.768. The third kappa shape index (κ3) is 3.62. The fraction of sp³-hybridized carbons (Fsp3) is 0.500. The number of benzene rings is 1. The monoisotopic (exact) mass is 251 g/mol. The molecule has 0 aromatic heterocycles. The first-order valence-corrected chi connectivity index (χ1v) is 6.35. The Hall–Kier alpha value is -1.26. The molecular weight excluding hydrogens is 233 g/mol. The van der Waals surface area contributed by atoms with Crippen molar-refractivity contribution >= 4 is 5.78 Å². The van der Waals surface area contributed by atoms with E-state index in [2.05, 4.69) is 4.90 Å². The standard InChI is InChI=1S/C14H18FNO2/c15-13-5-2-1-4-12(13)14(17)6-8-16-7-3-10-18-11-9-16/h1-2,4-5H,3,6-11H2. The van der Waals surface area contributed by atoms with Crippen LogP contribution in [0, 0.1) is 5.82 Å². The molecule has 1 fully saturated rings. The highest BCUT2D eigenvalue weighted by Crippen LogP contribution is 2.10. The van der Waals surface area contributed by atoms with Crippen molar-refractivity contribution in [2.24, 2.45) is 0 Å². The van der Waals surface area contributed by atoms with Gasteiger partial charge in [0, 0.05) is 32.7 Å². The predicted molar refractivity (Wildman–Crippen MR) is 67.2 cm³/mol. The van der Waals surface area contributed by atoms with Crippen LogP contribution in [0.15, 0.2) is 24.3 Å². The van der Waals surface area contributed by atoms with Crippen LogP contribution in [0.3, 0.4) is 0 Å². The summed E-state index contributed by atoms with van der Waals surface area (Å²) in [5.41, 5.74) is 0.198. The Morgan fingerprint density at radius 3 is 2.94 bits per heavy atom. The number of carbonyl (C=O) groups is 1.